The van der Waals surface area contributed by atoms with Crippen molar-refractivity contribution < 1.29 is 19.5 Å². The van der Waals surface area contributed by atoms with E-state index in [2.05, 4.69) is 10.6 Å². The molecule has 1 saturated heterocycles. The summed E-state index contributed by atoms with van der Waals surface area (Å²) in [5.41, 5.74) is -1.63. The fraction of sp³-hybridized carbons (Fsp3) is 0.700. The largest absolute Gasteiger partial charge is 0.481 e. The smallest absolute Gasteiger partial charge is 0.322 e. The molecule has 0 aromatic heterocycles. The number of carboxylic acids is 1. The minimum absolute atomic E-state index is 0.00468. The lowest BCUT2D eigenvalue weighted by Gasteiger charge is -2.24. The molecule has 16 heavy (non-hydrogen) atoms. The highest BCUT2D eigenvalue weighted by Gasteiger charge is 2.90. The average molecular weight is 222 g/mol. The van der Waals surface area contributed by atoms with Gasteiger partial charge >= 0.3 is 12.0 Å². The van der Waals surface area contributed by atoms with Crippen molar-refractivity contribution in [1.29, 1.82) is 0 Å². The third kappa shape index (κ3) is 0.546. The summed E-state index contributed by atoms with van der Waals surface area (Å²) in [5.74, 6) is -1.23. The van der Waals surface area contributed by atoms with Crippen LogP contribution in [0.4, 0.5) is 4.79 Å². The summed E-state index contributed by atoms with van der Waals surface area (Å²) >= 11 is 0. The van der Waals surface area contributed by atoms with Gasteiger partial charge in [-0.1, -0.05) is 0 Å². The first-order chi connectivity index (χ1) is 7.53. The van der Waals surface area contributed by atoms with Crippen molar-refractivity contribution in [2.24, 2.45) is 23.2 Å². The number of amides is 3. The van der Waals surface area contributed by atoms with Crippen LogP contribution in [0.25, 0.3) is 0 Å². The number of carboxylic acid groups (broad SMARTS) is 1. The molecule has 3 amide bonds. The van der Waals surface area contributed by atoms with Crippen LogP contribution in [0.3, 0.4) is 0 Å². The molecule has 1 spiro atoms. The number of aliphatic carboxylic acids is 1. The van der Waals surface area contributed by atoms with E-state index in [1.54, 1.807) is 0 Å². The molecule has 5 aliphatic rings. The van der Waals surface area contributed by atoms with Crippen molar-refractivity contribution >= 4 is 17.9 Å². The molecule has 0 radical (unpaired) electrons. The first-order valence-corrected chi connectivity index (χ1v) is 5.40. The number of rotatable bonds is 1. The maximum atomic E-state index is 11.9. The predicted octanol–water partition coefficient (Wildman–Crippen LogP) is -0.695. The number of imide groups is 1. The Bertz CT molecular complexity index is 475. The van der Waals surface area contributed by atoms with Crippen LogP contribution in [0, 0.1) is 23.2 Å². The van der Waals surface area contributed by atoms with Crippen molar-refractivity contribution in [3.05, 3.63) is 0 Å². The van der Waals surface area contributed by atoms with E-state index in [9.17, 15) is 19.5 Å². The van der Waals surface area contributed by atoms with Crippen LogP contribution in [0.15, 0.2) is 0 Å². The van der Waals surface area contributed by atoms with Crippen molar-refractivity contribution in [1.82, 2.24) is 10.6 Å². The highest BCUT2D eigenvalue weighted by molar-refractivity contribution is 6.09. The molecule has 0 aromatic rings. The van der Waals surface area contributed by atoms with Gasteiger partial charge in [0.25, 0.3) is 5.91 Å². The quantitative estimate of drug-likeness (QED) is 0.511. The lowest BCUT2D eigenvalue weighted by atomic mass is 9.88. The molecule has 4 aliphatic carbocycles. The van der Waals surface area contributed by atoms with Gasteiger partial charge in [-0.15, -0.1) is 0 Å². The zero-order valence-corrected chi connectivity index (χ0v) is 8.32. The number of hydrogen-bond acceptors (Lipinski definition) is 3. The van der Waals surface area contributed by atoms with Crippen molar-refractivity contribution in [3.8, 4) is 0 Å². The first-order valence-electron chi connectivity index (χ1n) is 5.40. The molecule has 4 bridgehead atoms. The Morgan fingerprint density at radius 1 is 1.44 bits per heavy atom. The predicted molar refractivity (Wildman–Crippen MR) is 49.2 cm³/mol. The van der Waals surface area contributed by atoms with Gasteiger partial charge in [0.1, 0.15) is 5.54 Å². The number of urea groups is 1. The molecule has 5 fully saturated rings. The van der Waals surface area contributed by atoms with Crippen LogP contribution in [0.2, 0.25) is 0 Å². The van der Waals surface area contributed by atoms with Crippen LogP contribution < -0.4 is 10.6 Å². The second-order valence-electron chi connectivity index (χ2n) is 5.34. The van der Waals surface area contributed by atoms with Gasteiger partial charge in [0, 0.05) is 5.92 Å². The fourth-order valence-electron chi connectivity index (χ4n) is 4.63. The van der Waals surface area contributed by atoms with E-state index < -0.39 is 23.0 Å². The highest BCUT2D eigenvalue weighted by atomic mass is 16.4. The standard InChI is InChI=1S/C10H10N2O4/c13-6-10(12-8(16)11-6)3-1-4-5(10)9(4,2-3)7(14)15/h3-5H,1-2H2,(H,14,15)(H2,11,12,13,16)/t3-,4?,5?,9-,10?/m1/s1. The zero-order chi connectivity index (χ0) is 11.3. The average Bonchev–Trinajstić information content (AvgIpc) is 2.61. The number of carbonyl (C=O) groups is 3. The normalized spacial score (nSPS) is 55.4. The maximum Gasteiger partial charge on any atom is 0.322 e. The van der Waals surface area contributed by atoms with Crippen molar-refractivity contribution in [2.45, 2.75) is 18.4 Å². The minimum atomic E-state index is -0.903. The first kappa shape index (κ1) is 8.55. The molecule has 3 N–H and O–H groups in total. The number of hydrogen-bond donors (Lipinski definition) is 3. The number of nitrogens with one attached hydrogen (secondary N) is 2. The van der Waals surface area contributed by atoms with Gasteiger partial charge in [-0.25, -0.2) is 4.79 Å². The Morgan fingerprint density at radius 3 is 2.62 bits per heavy atom. The molecule has 5 atom stereocenters. The summed E-state index contributed by atoms with van der Waals surface area (Å²) in [6.45, 7) is 0. The second-order valence-corrected chi connectivity index (χ2v) is 5.34. The van der Waals surface area contributed by atoms with Gasteiger partial charge in [-0.05, 0) is 24.7 Å². The van der Waals surface area contributed by atoms with Crippen LogP contribution in [0.1, 0.15) is 12.8 Å². The zero-order valence-electron chi connectivity index (χ0n) is 8.32. The summed E-state index contributed by atoms with van der Waals surface area (Å²) < 4.78 is 0. The molecule has 6 heteroatoms. The molecule has 6 nitrogen and oxygen atoms in total. The summed E-state index contributed by atoms with van der Waals surface area (Å²) in [6.07, 6.45) is 1.29. The Labute approximate surface area is 90.4 Å². The molecular formula is C10H10N2O4. The Hall–Kier alpha value is -1.59. The van der Waals surface area contributed by atoms with Crippen molar-refractivity contribution in [2.75, 3.05) is 0 Å². The lowest BCUT2D eigenvalue weighted by Crippen LogP contribution is -2.50. The summed E-state index contributed by atoms with van der Waals surface area (Å²) in [7, 11) is 0. The van der Waals surface area contributed by atoms with Gasteiger partial charge < -0.3 is 10.4 Å². The summed E-state index contributed by atoms with van der Waals surface area (Å²) in [6, 6.07) is -0.483. The van der Waals surface area contributed by atoms with Gasteiger partial charge in [-0.2, -0.15) is 0 Å². The monoisotopic (exact) mass is 222 g/mol. The fourth-order valence-corrected chi connectivity index (χ4v) is 4.63. The van der Waals surface area contributed by atoms with E-state index >= 15 is 0 Å². The van der Waals surface area contributed by atoms with E-state index in [0.717, 1.165) is 6.42 Å². The molecule has 4 saturated carbocycles. The van der Waals surface area contributed by atoms with Crippen LogP contribution in [0.5, 0.6) is 0 Å². The summed E-state index contributed by atoms with van der Waals surface area (Å²) in [4.78, 5) is 34.4. The molecule has 5 rings (SSSR count). The molecule has 0 aromatic carbocycles. The second kappa shape index (κ2) is 1.97. The van der Waals surface area contributed by atoms with Crippen molar-refractivity contribution in [3.63, 3.8) is 0 Å². The highest BCUT2D eigenvalue weighted by Crippen LogP contribution is 2.82. The molecule has 1 heterocycles. The molecule has 3 unspecified atom stereocenters. The third-order valence-electron chi connectivity index (χ3n) is 5.09. The Kier molecular flexibility index (Phi) is 1.05. The van der Waals surface area contributed by atoms with Crippen LogP contribution in [-0.4, -0.2) is 28.6 Å². The van der Waals surface area contributed by atoms with Crippen LogP contribution >= 0.6 is 0 Å². The van der Waals surface area contributed by atoms with E-state index in [0.29, 0.717) is 6.42 Å². The minimum Gasteiger partial charge on any atom is -0.481 e. The molecular weight excluding hydrogens is 212 g/mol. The van der Waals surface area contributed by atoms with Gasteiger partial charge in [0.15, 0.2) is 0 Å². The number of carbonyl (C=O) groups excluding carboxylic acids is 2. The maximum absolute atomic E-state index is 11.9. The summed E-state index contributed by atoms with van der Waals surface area (Å²) in [5, 5.41) is 14.2. The van der Waals surface area contributed by atoms with E-state index in [4.69, 9.17) is 0 Å². The Morgan fingerprint density at radius 2 is 2.19 bits per heavy atom. The van der Waals surface area contributed by atoms with E-state index in [-0.39, 0.29) is 23.7 Å². The lowest BCUT2D eigenvalue weighted by molar-refractivity contribution is -0.143. The topological polar surface area (TPSA) is 95.5 Å². The molecule has 1 aliphatic heterocycles. The van der Waals surface area contributed by atoms with E-state index in [1.165, 1.54) is 0 Å². The van der Waals surface area contributed by atoms with Gasteiger partial charge in [-0.3, -0.25) is 14.9 Å². The van der Waals surface area contributed by atoms with Gasteiger partial charge in [0.05, 0.1) is 5.41 Å². The Balaban J connectivity index is 1.84. The molecule has 84 valence electrons. The SMILES string of the molecule is O=C1NC(=O)C2(N1)C1C3C[C@@H]2C[C@@]31C(=O)O. The van der Waals surface area contributed by atoms with E-state index in [1.807, 2.05) is 0 Å². The van der Waals surface area contributed by atoms with Gasteiger partial charge in [0.2, 0.25) is 0 Å². The van der Waals surface area contributed by atoms with Crippen LogP contribution in [-0.2, 0) is 9.59 Å². The third-order valence-corrected chi connectivity index (χ3v) is 5.09.